The minimum Gasteiger partial charge on any atom is -0.462 e. The average molecular weight is 711 g/mol. The summed E-state index contributed by atoms with van der Waals surface area (Å²) in [6.45, 7) is 2.82. The summed E-state index contributed by atoms with van der Waals surface area (Å²) in [6, 6.07) is 14.4. The van der Waals surface area contributed by atoms with Gasteiger partial charge in [-0.15, -0.1) is 0 Å². The molecule has 50 heavy (non-hydrogen) atoms. The van der Waals surface area contributed by atoms with E-state index in [-0.39, 0.29) is 24.9 Å². The summed E-state index contributed by atoms with van der Waals surface area (Å²) in [5.41, 5.74) is 2.91. The molecule has 0 unspecified atom stereocenters. The van der Waals surface area contributed by atoms with E-state index in [2.05, 4.69) is 46.0 Å². The van der Waals surface area contributed by atoms with E-state index in [1.54, 1.807) is 4.90 Å². The minimum atomic E-state index is -4.32. The molecule has 1 amide bonds. The number of carbonyl (C=O) groups is 1. The van der Waals surface area contributed by atoms with E-state index in [1.807, 2.05) is 18.2 Å². The van der Waals surface area contributed by atoms with Gasteiger partial charge in [-0.1, -0.05) is 41.9 Å². The Hall–Kier alpha value is -4.12. The lowest BCUT2D eigenvalue weighted by Crippen LogP contribution is -2.55. The minimum absolute atomic E-state index is 0.0252. The number of rotatable bonds is 10. The first kappa shape index (κ1) is 35.7. The van der Waals surface area contributed by atoms with Gasteiger partial charge in [0.1, 0.15) is 12.4 Å². The SMILES string of the molecule is CN(C/C=C/C(=O)N1CCN(c2nc(OC[C@@H]3CCCN3C)nc3c2CCN(c2cccc4cccc(Cl)c24)C3)C[C@@H]1CC#N)CC(F)(F)F. The first-order valence-corrected chi connectivity index (χ1v) is 17.4. The Morgan fingerprint density at radius 2 is 1.92 bits per heavy atom. The molecular formula is C36H42ClF3N8O2. The molecule has 1 aromatic heterocycles. The van der Waals surface area contributed by atoms with Crippen LogP contribution >= 0.6 is 11.6 Å². The van der Waals surface area contributed by atoms with E-state index in [1.165, 1.54) is 19.2 Å². The van der Waals surface area contributed by atoms with Crippen LogP contribution in [0, 0.1) is 11.3 Å². The van der Waals surface area contributed by atoms with Crippen molar-refractivity contribution in [1.29, 1.82) is 5.26 Å². The summed E-state index contributed by atoms with van der Waals surface area (Å²) in [5, 5.41) is 12.4. The third kappa shape index (κ3) is 8.25. The Morgan fingerprint density at radius 1 is 1.12 bits per heavy atom. The van der Waals surface area contributed by atoms with Crippen LogP contribution in [0.25, 0.3) is 10.8 Å². The number of benzene rings is 2. The number of fused-ring (bicyclic) bond motifs is 2. The number of likely N-dealkylation sites (tertiary alicyclic amines) is 1. The van der Waals surface area contributed by atoms with Crippen LogP contribution in [0.4, 0.5) is 24.7 Å². The topological polar surface area (TPSA) is 92.1 Å². The molecule has 0 N–H and O–H groups in total. The summed E-state index contributed by atoms with van der Waals surface area (Å²) in [4.78, 5) is 32.5. The predicted molar refractivity (Wildman–Crippen MR) is 188 cm³/mol. The van der Waals surface area contributed by atoms with E-state index >= 15 is 0 Å². The van der Waals surface area contributed by atoms with Gasteiger partial charge in [0, 0.05) is 61.5 Å². The maximum atomic E-state index is 13.2. The van der Waals surface area contributed by atoms with Gasteiger partial charge in [0.05, 0.1) is 42.3 Å². The van der Waals surface area contributed by atoms with Crippen molar-refractivity contribution in [2.24, 2.45) is 0 Å². The van der Waals surface area contributed by atoms with Gasteiger partial charge >= 0.3 is 12.2 Å². The zero-order valence-corrected chi connectivity index (χ0v) is 29.1. The molecule has 0 radical (unpaired) electrons. The van der Waals surface area contributed by atoms with Crippen LogP contribution < -0.4 is 14.5 Å². The number of amides is 1. The summed E-state index contributed by atoms with van der Waals surface area (Å²) in [5.74, 6) is 0.420. The number of piperazine rings is 1. The second kappa shape index (κ2) is 15.4. The number of hydrogen-bond acceptors (Lipinski definition) is 9. The van der Waals surface area contributed by atoms with Crippen molar-refractivity contribution >= 4 is 39.8 Å². The number of carbonyl (C=O) groups excluding carboxylic acids is 1. The number of aromatic nitrogens is 2. The largest absolute Gasteiger partial charge is 0.462 e. The van der Waals surface area contributed by atoms with Crippen LogP contribution in [0.1, 0.15) is 30.5 Å². The number of ether oxygens (including phenoxy) is 1. The Bertz CT molecular complexity index is 1760. The highest BCUT2D eigenvalue weighted by Gasteiger charge is 2.34. The van der Waals surface area contributed by atoms with Gasteiger partial charge in [0.2, 0.25) is 5.91 Å². The molecule has 2 atom stereocenters. The molecule has 2 aromatic carbocycles. The summed E-state index contributed by atoms with van der Waals surface area (Å²) < 4.78 is 44.4. The quantitative estimate of drug-likeness (QED) is 0.260. The molecule has 4 heterocycles. The monoisotopic (exact) mass is 710 g/mol. The van der Waals surface area contributed by atoms with E-state index in [9.17, 15) is 23.2 Å². The first-order valence-electron chi connectivity index (χ1n) is 17.0. The lowest BCUT2D eigenvalue weighted by molar-refractivity contribution is -0.141. The fourth-order valence-corrected chi connectivity index (χ4v) is 7.52. The molecule has 14 heteroatoms. The van der Waals surface area contributed by atoms with Crippen LogP contribution in [-0.2, 0) is 17.8 Å². The van der Waals surface area contributed by atoms with Gasteiger partial charge in [-0.05, 0) is 57.4 Å². The molecule has 0 saturated carbocycles. The van der Waals surface area contributed by atoms with Crippen LogP contribution in [0.2, 0.25) is 5.02 Å². The third-order valence-corrected chi connectivity index (χ3v) is 10.1. The Morgan fingerprint density at radius 3 is 2.66 bits per heavy atom. The van der Waals surface area contributed by atoms with E-state index in [4.69, 9.17) is 26.3 Å². The van der Waals surface area contributed by atoms with E-state index in [0.717, 1.165) is 57.8 Å². The molecular weight excluding hydrogens is 669 g/mol. The normalized spacial score (nSPS) is 20.2. The summed E-state index contributed by atoms with van der Waals surface area (Å²) >= 11 is 6.71. The second-order valence-corrected chi connectivity index (χ2v) is 13.7. The number of likely N-dealkylation sites (N-methyl/N-ethyl adjacent to an activating group) is 2. The molecule has 6 rings (SSSR count). The maximum Gasteiger partial charge on any atom is 0.401 e. The maximum absolute atomic E-state index is 13.2. The Balaban J connectivity index is 1.25. The number of halogens is 4. The predicted octanol–water partition coefficient (Wildman–Crippen LogP) is 5.30. The van der Waals surface area contributed by atoms with Gasteiger partial charge in [-0.25, -0.2) is 0 Å². The fourth-order valence-electron chi connectivity index (χ4n) is 7.24. The van der Waals surface area contributed by atoms with Gasteiger partial charge in [0.15, 0.2) is 0 Å². The van der Waals surface area contributed by atoms with Crippen molar-refractivity contribution in [3.63, 3.8) is 0 Å². The van der Waals surface area contributed by atoms with Crippen LogP contribution in [0.15, 0.2) is 48.6 Å². The average Bonchev–Trinajstić information content (AvgIpc) is 3.50. The van der Waals surface area contributed by atoms with Gasteiger partial charge in [-0.3, -0.25) is 9.69 Å². The lowest BCUT2D eigenvalue weighted by Gasteiger charge is -2.42. The summed E-state index contributed by atoms with van der Waals surface area (Å²) in [7, 11) is 3.45. The molecule has 3 aliphatic heterocycles. The molecule has 266 valence electrons. The zero-order chi connectivity index (χ0) is 35.4. The zero-order valence-electron chi connectivity index (χ0n) is 28.4. The Labute approximate surface area is 295 Å². The first-order chi connectivity index (χ1) is 24.0. The van der Waals surface area contributed by atoms with Gasteiger partial charge in [0.25, 0.3) is 0 Å². The standard InChI is InChI=1S/C36H42ClF3N8O2/c1-44(24-36(38,39)40)16-6-12-32(49)48-20-19-47(21-26(48)13-15-41)34-28-14-18-46(31-11-4-8-25-7-3-10-29(37)33(25)31)22-30(28)42-35(43-34)50-23-27-9-5-17-45(27)2/h3-4,6-8,10-12,26-27H,5,9,13-14,16-24H2,1-2H3/b12-6+/t26-,27-/m0/s1. The molecule has 0 aliphatic carbocycles. The van der Waals surface area contributed by atoms with Crippen molar-refractivity contribution < 1.29 is 22.7 Å². The summed E-state index contributed by atoms with van der Waals surface area (Å²) in [6.07, 6.45) is 1.36. The smallest absolute Gasteiger partial charge is 0.401 e. The van der Waals surface area contributed by atoms with Crippen molar-refractivity contribution in [2.45, 2.75) is 50.5 Å². The highest BCUT2D eigenvalue weighted by molar-refractivity contribution is 6.36. The van der Waals surface area contributed by atoms with Gasteiger partial charge < -0.3 is 24.3 Å². The van der Waals surface area contributed by atoms with Gasteiger partial charge in [-0.2, -0.15) is 28.4 Å². The molecule has 3 aromatic rings. The number of anilines is 2. The second-order valence-electron chi connectivity index (χ2n) is 13.3. The Kier molecular flexibility index (Phi) is 11.0. The van der Waals surface area contributed by atoms with Crippen LogP contribution in [0.5, 0.6) is 6.01 Å². The molecule has 0 spiro atoms. The highest BCUT2D eigenvalue weighted by Crippen LogP contribution is 2.37. The molecule has 3 aliphatic rings. The van der Waals surface area contributed by atoms with Crippen molar-refractivity contribution in [3.8, 4) is 12.1 Å². The number of alkyl halides is 3. The van der Waals surface area contributed by atoms with Crippen molar-refractivity contribution in [2.75, 3.05) is 76.3 Å². The van der Waals surface area contributed by atoms with Crippen LogP contribution in [0.3, 0.4) is 0 Å². The molecule has 0 bridgehead atoms. The number of hydrogen-bond donors (Lipinski definition) is 0. The fraction of sp³-hybridized carbons (Fsp3) is 0.500. The number of nitrogens with zero attached hydrogens (tertiary/aromatic N) is 8. The van der Waals surface area contributed by atoms with Crippen molar-refractivity contribution in [3.05, 3.63) is 64.8 Å². The van der Waals surface area contributed by atoms with Crippen molar-refractivity contribution in [1.82, 2.24) is 24.7 Å². The van der Waals surface area contributed by atoms with E-state index < -0.39 is 18.8 Å². The van der Waals surface area contributed by atoms with E-state index in [0.29, 0.717) is 56.8 Å². The van der Waals surface area contributed by atoms with Crippen LogP contribution in [-0.4, -0.2) is 115 Å². The number of nitriles is 1. The highest BCUT2D eigenvalue weighted by atomic mass is 35.5. The molecule has 2 saturated heterocycles. The molecule has 2 fully saturated rings. The third-order valence-electron chi connectivity index (χ3n) is 9.79. The molecule has 10 nitrogen and oxygen atoms in total. The lowest BCUT2D eigenvalue weighted by atomic mass is 10.0.